The molecule has 0 radical (unpaired) electrons. The van der Waals surface area contributed by atoms with E-state index in [0.29, 0.717) is 6.04 Å². The zero-order chi connectivity index (χ0) is 14.7. The summed E-state index contributed by atoms with van der Waals surface area (Å²) >= 11 is 1.82. The number of fused-ring (bicyclic) bond motifs is 1. The first kappa shape index (κ1) is 15.3. The lowest BCUT2D eigenvalue weighted by atomic mass is 9.97. The molecule has 0 aromatic carbocycles. The maximum atomic E-state index is 4.50. The summed E-state index contributed by atoms with van der Waals surface area (Å²) in [6, 6.07) is 1.45. The first-order chi connectivity index (χ1) is 10.3. The smallest absolute Gasteiger partial charge is 0.182 e. The van der Waals surface area contributed by atoms with Gasteiger partial charge in [0.25, 0.3) is 0 Å². The van der Waals surface area contributed by atoms with Crippen molar-refractivity contribution in [3.63, 3.8) is 0 Å². The number of piperidine rings is 1. The number of hydrogen-bond donors (Lipinski definition) is 1. The molecule has 0 bridgehead atoms. The van der Waals surface area contributed by atoms with Crippen LogP contribution in [-0.4, -0.2) is 53.0 Å². The van der Waals surface area contributed by atoms with Gasteiger partial charge in [-0.1, -0.05) is 13.3 Å². The summed E-state index contributed by atoms with van der Waals surface area (Å²) < 4.78 is 0. The molecule has 3 heterocycles. The van der Waals surface area contributed by atoms with Crippen LogP contribution in [0.4, 0.5) is 5.13 Å². The Labute approximate surface area is 132 Å². The Balaban J connectivity index is 1.57. The number of piperazine rings is 1. The minimum absolute atomic E-state index is 0.661. The molecule has 2 aliphatic heterocycles. The van der Waals surface area contributed by atoms with E-state index in [-0.39, 0.29) is 0 Å². The van der Waals surface area contributed by atoms with Crippen molar-refractivity contribution < 1.29 is 0 Å². The van der Waals surface area contributed by atoms with Gasteiger partial charge in [0, 0.05) is 49.3 Å². The summed E-state index contributed by atoms with van der Waals surface area (Å²) in [5.74, 6) is 0. The first-order valence-electron chi connectivity index (χ1n) is 8.43. The van der Waals surface area contributed by atoms with Crippen LogP contribution >= 0.6 is 11.3 Å². The summed E-state index contributed by atoms with van der Waals surface area (Å²) in [4.78, 5) is 11.3. The van der Waals surface area contributed by atoms with Crippen molar-refractivity contribution in [1.82, 2.24) is 14.8 Å². The predicted octanol–water partition coefficient (Wildman–Crippen LogP) is 3.02. The van der Waals surface area contributed by atoms with Crippen molar-refractivity contribution in [2.45, 2.75) is 58.2 Å². The molecule has 0 saturated carbocycles. The molecular weight excluding hydrogens is 280 g/mol. The molecule has 0 aliphatic carbocycles. The van der Waals surface area contributed by atoms with Crippen LogP contribution in [-0.2, 0) is 6.54 Å². The molecule has 0 spiro atoms. The second-order valence-corrected chi connectivity index (χ2v) is 7.60. The number of hydrogen-bond acceptors (Lipinski definition) is 5. The topological polar surface area (TPSA) is 31.4 Å². The van der Waals surface area contributed by atoms with Gasteiger partial charge in [0.15, 0.2) is 5.13 Å². The average Bonchev–Trinajstić information content (AvgIpc) is 2.93. The summed E-state index contributed by atoms with van der Waals surface area (Å²) in [5.41, 5.74) is 0. The van der Waals surface area contributed by atoms with Gasteiger partial charge in [-0.2, -0.15) is 0 Å². The number of rotatable bonds is 5. The van der Waals surface area contributed by atoms with Gasteiger partial charge in [-0.05, 0) is 32.7 Å². The minimum Gasteiger partial charge on any atom is -0.362 e. The van der Waals surface area contributed by atoms with Gasteiger partial charge in [0.2, 0.25) is 0 Å². The minimum atomic E-state index is 0.661. The van der Waals surface area contributed by atoms with E-state index in [2.05, 4.69) is 40.1 Å². The van der Waals surface area contributed by atoms with Crippen molar-refractivity contribution >= 4 is 16.5 Å². The molecule has 2 saturated heterocycles. The highest BCUT2D eigenvalue weighted by molar-refractivity contribution is 7.15. The monoisotopic (exact) mass is 308 g/mol. The lowest BCUT2D eigenvalue weighted by Gasteiger charge is -2.47. The Bertz CT molecular complexity index is 447. The molecule has 21 heavy (non-hydrogen) atoms. The Kier molecular flexibility index (Phi) is 5.14. The fraction of sp³-hybridized carbons (Fsp3) is 0.812. The van der Waals surface area contributed by atoms with Crippen LogP contribution in [0.2, 0.25) is 0 Å². The van der Waals surface area contributed by atoms with Gasteiger partial charge in [-0.15, -0.1) is 11.3 Å². The van der Waals surface area contributed by atoms with E-state index in [9.17, 15) is 0 Å². The average molecular weight is 308 g/mol. The fourth-order valence-corrected chi connectivity index (χ4v) is 4.39. The number of thiazole rings is 1. The number of anilines is 1. The first-order valence-corrected chi connectivity index (χ1v) is 9.24. The summed E-state index contributed by atoms with van der Waals surface area (Å²) in [5, 5.41) is 4.47. The SMILES string of the molecule is CCCNc1ncc(CN2CC3CCCCN3CC2C)s1. The van der Waals surface area contributed by atoms with Crippen LogP contribution in [0, 0.1) is 0 Å². The van der Waals surface area contributed by atoms with E-state index in [4.69, 9.17) is 0 Å². The lowest BCUT2D eigenvalue weighted by Crippen LogP contribution is -2.58. The maximum absolute atomic E-state index is 4.50. The van der Waals surface area contributed by atoms with Gasteiger partial charge >= 0.3 is 0 Å². The summed E-state index contributed by atoms with van der Waals surface area (Å²) in [6.45, 7) is 10.4. The van der Waals surface area contributed by atoms with Crippen molar-refractivity contribution in [3.05, 3.63) is 11.1 Å². The molecule has 3 rings (SSSR count). The van der Waals surface area contributed by atoms with Crippen LogP contribution in [0.5, 0.6) is 0 Å². The summed E-state index contributed by atoms with van der Waals surface area (Å²) in [7, 11) is 0. The van der Waals surface area contributed by atoms with Crippen molar-refractivity contribution in [3.8, 4) is 0 Å². The van der Waals surface area contributed by atoms with Crippen LogP contribution in [0.25, 0.3) is 0 Å². The third-order valence-corrected chi connectivity index (χ3v) is 5.69. The van der Waals surface area contributed by atoms with Gasteiger partial charge in [-0.3, -0.25) is 9.80 Å². The normalized spacial score (nSPS) is 27.5. The molecule has 1 aromatic heterocycles. The molecular formula is C16H28N4S. The number of aromatic nitrogens is 1. The third kappa shape index (κ3) is 3.76. The Hall–Kier alpha value is -0.650. The van der Waals surface area contributed by atoms with E-state index >= 15 is 0 Å². The van der Waals surface area contributed by atoms with Gasteiger partial charge < -0.3 is 5.32 Å². The van der Waals surface area contributed by atoms with Crippen molar-refractivity contribution in [2.75, 3.05) is 31.5 Å². The highest BCUT2D eigenvalue weighted by Crippen LogP contribution is 2.27. The van der Waals surface area contributed by atoms with Crippen molar-refractivity contribution in [1.29, 1.82) is 0 Å². The second-order valence-electron chi connectivity index (χ2n) is 6.48. The highest BCUT2D eigenvalue weighted by Gasteiger charge is 2.32. The zero-order valence-corrected chi connectivity index (χ0v) is 14.2. The maximum Gasteiger partial charge on any atom is 0.182 e. The van der Waals surface area contributed by atoms with Crippen LogP contribution < -0.4 is 5.32 Å². The Morgan fingerprint density at radius 2 is 2.29 bits per heavy atom. The van der Waals surface area contributed by atoms with Crippen LogP contribution in [0.1, 0.15) is 44.4 Å². The van der Waals surface area contributed by atoms with E-state index in [1.807, 2.05) is 11.3 Å². The molecule has 1 aromatic rings. The van der Waals surface area contributed by atoms with E-state index in [0.717, 1.165) is 30.7 Å². The molecule has 1 N–H and O–H groups in total. The summed E-state index contributed by atoms with van der Waals surface area (Å²) in [6.07, 6.45) is 7.40. The molecule has 2 aliphatic rings. The Morgan fingerprint density at radius 3 is 3.14 bits per heavy atom. The number of nitrogens with one attached hydrogen (secondary N) is 1. The van der Waals surface area contributed by atoms with Gasteiger partial charge in [0.1, 0.15) is 0 Å². The highest BCUT2D eigenvalue weighted by atomic mass is 32.1. The number of nitrogens with zero attached hydrogens (tertiary/aromatic N) is 3. The standard InChI is InChI=1S/C16H28N4S/c1-3-7-17-16-18-9-15(21-16)12-20-11-14-6-4-5-8-19(14)10-13(20)2/h9,13-14H,3-8,10-12H2,1-2H3,(H,17,18). The molecule has 4 nitrogen and oxygen atoms in total. The van der Waals surface area contributed by atoms with Gasteiger partial charge in [-0.25, -0.2) is 4.98 Å². The van der Waals surface area contributed by atoms with Crippen molar-refractivity contribution in [2.24, 2.45) is 0 Å². The van der Waals surface area contributed by atoms with E-state index in [1.54, 1.807) is 0 Å². The lowest BCUT2D eigenvalue weighted by molar-refractivity contribution is 0.0115. The molecule has 0 amide bonds. The fourth-order valence-electron chi connectivity index (χ4n) is 3.53. The zero-order valence-electron chi connectivity index (χ0n) is 13.3. The molecule has 2 fully saturated rings. The molecule has 5 heteroatoms. The van der Waals surface area contributed by atoms with Crippen LogP contribution in [0.3, 0.4) is 0 Å². The van der Waals surface area contributed by atoms with E-state index in [1.165, 1.54) is 43.8 Å². The Morgan fingerprint density at radius 1 is 1.38 bits per heavy atom. The van der Waals surface area contributed by atoms with Crippen LogP contribution in [0.15, 0.2) is 6.20 Å². The quantitative estimate of drug-likeness (QED) is 0.906. The predicted molar refractivity (Wildman–Crippen MR) is 90.0 cm³/mol. The molecule has 2 atom stereocenters. The largest absolute Gasteiger partial charge is 0.362 e. The van der Waals surface area contributed by atoms with E-state index < -0.39 is 0 Å². The third-order valence-electron chi connectivity index (χ3n) is 4.76. The second kappa shape index (κ2) is 7.07. The molecule has 118 valence electrons. The van der Waals surface area contributed by atoms with Gasteiger partial charge in [0.05, 0.1) is 0 Å². The molecule has 2 unspecified atom stereocenters.